The molecule has 15 heteroatoms. The van der Waals surface area contributed by atoms with Gasteiger partial charge in [-0.15, -0.1) is 0 Å². The Bertz CT molecular complexity index is 859. The molecular formula is C12H7Cl2F6N5OS. The number of anilines is 1. The first kappa shape index (κ1) is 21.5. The summed E-state index contributed by atoms with van der Waals surface area (Å²) in [5.74, 6) is -1.15. The lowest BCUT2D eigenvalue weighted by molar-refractivity contribution is -0.137. The van der Waals surface area contributed by atoms with Gasteiger partial charge in [0.25, 0.3) is 0 Å². The van der Waals surface area contributed by atoms with Crippen molar-refractivity contribution in [1.82, 2.24) is 15.7 Å². The fraction of sp³-hybridized carbons (Fsp3) is 0.167. The van der Waals surface area contributed by atoms with Crippen molar-refractivity contribution in [2.75, 3.05) is 5.73 Å². The largest absolute Gasteiger partial charge is 0.446 e. The van der Waals surface area contributed by atoms with E-state index in [2.05, 4.69) is 15.2 Å². The minimum absolute atomic E-state index is 0.438. The normalized spacial score (nSPS) is 13.1. The summed E-state index contributed by atoms with van der Waals surface area (Å²) in [5.41, 5.74) is -0.00923. The number of nitrogens with two attached hydrogens (primary N) is 1. The minimum Gasteiger partial charge on any atom is -0.383 e. The number of rotatable bonds is 3. The van der Waals surface area contributed by atoms with E-state index in [9.17, 15) is 31.5 Å². The minimum atomic E-state index is -4.74. The van der Waals surface area contributed by atoms with Crippen LogP contribution in [0.4, 0.5) is 37.8 Å². The van der Waals surface area contributed by atoms with Gasteiger partial charge in [-0.1, -0.05) is 23.2 Å². The summed E-state index contributed by atoms with van der Waals surface area (Å²) in [6, 6.07) is 1.04. The van der Waals surface area contributed by atoms with E-state index < -0.39 is 67.0 Å². The molecule has 0 amide bonds. The zero-order valence-corrected chi connectivity index (χ0v) is 14.8. The molecule has 0 aliphatic heterocycles. The number of amidine groups is 1. The molecule has 2 aromatic rings. The topological polar surface area (TPSA) is 99.3 Å². The Morgan fingerprint density at radius 2 is 1.74 bits per heavy atom. The fourth-order valence-electron chi connectivity index (χ4n) is 1.80. The molecular weight excluding hydrogens is 447 g/mol. The number of aliphatic imine (C=N–C) groups is 1. The Balaban J connectivity index is 2.56. The molecule has 0 spiro atoms. The van der Waals surface area contributed by atoms with E-state index in [-0.39, 0.29) is 0 Å². The summed E-state index contributed by atoms with van der Waals surface area (Å²) >= 11 is 10.8. The van der Waals surface area contributed by atoms with Gasteiger partial charge in [-0.25, -0.2) is 4.99 Å². The van der Waals surface area contributed by atoms with Crippen molar-refractivity contribution in [2.24, 2.45) is 4.99 Å². The summed E-state index contributed by atoms with van der Waals surface area (Å²) < 4.78 is 76.2. The van der Waals surface area contributed by atoms with Gasteiger partial charge in [0.1, 0.15) is 17.2 Å². The maximum absolute atomic E-state index is 12.7. The molecule has 6 nitrogen and oxygen atoms in total. The second-order valence-electron chi connectivity index (χ2n) is 4.72. The van der Waals surface area contributed by atoms with Crippen LogP contribution < -0.4 is 11.2 Å². The third-order valence-electron chi connectivity index (χ3n) is 2.86. The van der Waals surface area contributed by atoms with Crippen molar-refractivity contribution in [3.8, 4) is 0 Å². The Labute approximate surface area is 160 Å². The van der Waals surface area contributed by atoms with E-state index in [0.29, 0.717) is 12.1 Å². The number of nitrogens with one attached hydrogen (secondary N) is 2. The quantitative estimate of drug-likeness (QED) is 0.172. The van der Waals surface area contributed by atoms with Gasteiger partial charge in [-0.05, 0) is 23.9 Å². The second-order valence-corrected chi connectivity index (χ2v) is 6.61. The Hall–Kier alpha value is -1.83. The molecule has 0 aliphatic rings. The number of H-pyrrole nitrogens is 1. The van der Waals surface area contributed by atoms with E-state index in [0.717, 1.165) is 0 Å². The maximum atomic E-state index is 12.7. The van der Waals surface area contributed by atoms with Crippen LogP contribution in [0.1, 0.15) is 11.3 Å². The van der Waals surface area contributed by atoms with Crippen LogP contribution >= 0.6 is 35.0 Å². The molecule has 0 bridgehead atoms. The third kappa shape index (κ3) is 5.12. The molecule has 0 saturated heterocycles. The van der Waals surface area contributed by atoms with Crippen LogP contribution in [0.3, 0.4) is 0 Å². The van der Waals surface area contributed by atoms with Crippen LogP contribution in [0.5, 0.6) is 0 Å². The van der Waals surface area contributed by atoms with E-state index in [1.165, 1.54) is 5.48 Å². The van der Waals surface area contributed by atoms with Crippen molar-refractivity contribution in [1.29, 1.82) is 0 Å². The van der Waals surface area contributed by atoms with Crippen molar-refractivity contribution in [3.63, 3.8) is 0 Å². The van der Waals surface area contributed by atoms with Gasteiger partial charge in [0.2, 0.25) is 0 Å². The van der Waals surface area contributed by atoms with Crippen molar-refractivity contribution >= 4 is 52.3 Å². The van der Waals surface area contributed by atoms with E-state index in [1.54, 1.807) is 0 Å². The monoisotopic (exact) mass is 453 g/mol. The number of aromatic amines is 1. The molecule has 1 aromatic heterocycles. The summed E-state index contributed by atoms with van der Waals surface area (Å²) in [6.45, 7) is 0. The van der Waals surface area contributed by atoms with Gasteiger partial charge in [0.05, 0.1) is 20.5 Å². The average molecular weight is 454 g/mol. The van der Waals surface area contributed by atoms with Gasteiger partial charge in [0.15, 0.2) is 5.84 Å². The highest BCUT2D eigenvalue weighted by Gasteiger charge is 2.34. The third-order valence-corrected chi connectivity index (χ3v) is 4.29. The van der Waals surface area contributed by atoms with Crippen molar-refractivity contribution in [2.45, 2.75) is 16.6 Å². The molecule has 2 rings (SSSR count). The lowest BCUT2D eigenvalue weighted by Crippen LogP contribution is -2.22. The highest BCUT2D eigenvalue weighted by Crippen LogP contribution is 2.42. The standard InChI is InChI=1S/C12H7Cl2F6N5OS/c13-4-1-3(11(15,16)17)2-5(14)6(4)22-10(25-26)7-8(9(21)24-23-7)27-12(18,19)20/h1-2,26H,(H,22,25)(H3,21,23,24). The smallest absolute Gasteiger partial charge is 0.383 e. The van der Waals surface area contributed by atoms with Gasteiger partial charge in [-0.3, -0.25) is 15.8 Å². The second kappa shape index (κ2) is 7.66. The number of alkyl halides is 6. The molecule has 1 aromatic carbocycles. The lowest BCUT2D eigenvalue weighted by Gasteiger charge is -2.11. The van der Waals surface area contributed by atoms with Crippen LogP contribution in [0.25, 0.3) is 0 Å². The number of hydroxylamine groups is 1. The van der Waals surface area contributed by atoms with Gasteiger partial charge < -0.3 is 5.73 Å². The maximum Gasteiger partial charge on any atom is 0.446 e. The number of thioether (sulfide) groups is 1. The molecule has 5 N–H and O–H groups in total. The fourth-order valence-corrected chi connectivity index (χ4v) is 3.00. The molecule has 0 unspecified atom stereocenters. The van der Waals surface area contributed by atoms with Gasteiger partial charge >= 0.3 is 11.7 Å². The first-order valence-electron chi connectivity index (χ1n) is 6.48. The first-order chi connectivity index (χ1) is 12.3. The molecule has 27 heavy (non-hydrogen) atoms. The summed E-state index contributed by atoms with van der Waals surface area (Å²) in [7, 11) is 0. The zero-order chi connectivity index (χ0) is 20.6. The Morgan fingerprint density at radius 1 is 1.19 bits per heavy atom. The van der Waals surface area contributed by atoms with Crippen molar-refractivity contribution < 1.29 is 31.5 Å². The molecule has 148 valence electrons. The Kier molecular flexibility index (Phi) is 6.09. The molecule has 0 aliphatic carbocycles. The number of hydrogen-bond donors (Lipinski definition) is 4. The highest BCUT2D eigenvalue weighted by atomic mass is 35.5. The number of nitrogens with zero attached hydrogens (tertiary/aromatic N) is 2. The molecule has 0 saturated carbocycles. The first-order valence-corrected chi connectivity index (χ1v) is 8.05. The summed E-state index contributed by atoms with van der Waals surface area (Å²) in [5, 5.41) is 13.7. The van der Waals surface area contributed by atoms with E-state index in [1.807, 2.05) is 0 Å². The predicted octanol–water partition coefficient (Wildman–Crippen LogP) is 4.99. The van der Waals surface area contributed by atoms with Gasteiger partial charge in [0, 0.05) is 0 Å². The summed E-state index contributed by atoms with van der Waals surface area (Å²) in [4.78, 5) is 3.06. The number of benzene rings is 1. The predicted molar refractivity (Wildman–Crippen MR) is 87.5 cm³/mol. The van der Waals surface area contributed by atoms with Gasteiger partial charge in [-0.2, -0.15) is 31.4 Å². The van der Waals surface area contributed by atoms with Crippen molar-refractivity contribution in [3.05, 3.63) is 33.4 Å². The Morgan fingerprint density at radius 3 is 2.19 bits per heavy atom. The van der Waals surface area contributed by atoms with Crippen LogP contribution in [-0.4, -0.2) is 26.7 Å². The number of aromatic nitrogens is 2. The molecule has 0 radical (unpaired) electrons. The zero-order valence-electron chi connectivity index (χ0n) is 12.5. The highest BCUT2D eigenvalue weighted by molar-refractivity contribution is 8.00. The van der Waals surface area contributed by atoms with Crippen LogP contribution in [0, 0.1) is 0 Å². The van der Waals surface area contributed by atoms with E-state index >= 15 is 0 Å². The van der Waals surface area contributed by atoms with E-state index in [4.69, 9.17) is 28.9 Å². The summed E-state index contributed by atoms with van der Waals surface area (Å²) in [6.07, 6.45) is -4.74. The van der Waals surface area contributed by atoms with Crippen LogP contribution in [-0.2, 0) is 6.18 Å². The number of nitrogen functional groups attached to an aromatic ring is 1. The molecule has 0 atom stereocenters. The SMILES string of the molecule is Nc1[nH]nc(C(=Nc2c(Cl)cc(C(F)(F)F)cc2Cl)NO)c1SC(F)(F)F. The molecule has 1 heterocycles. The number of hydrogen-bond acceptors (Lipinski definition) is 5. The van der Waals surface area contributed by atoms with Crippen LogP contribution in [0.2, 0.25) is 10.0 Å². The van der Waals surface area contributed by atoms with Crippen LogP contribution in [0.15, 0.2) is 22.0 Å². The molecule has 0 fully saturated rings. The lowest BCUT2D eigenvalue weighted by atomic mass is 10.2. The average Bonchev–Trinajstić information content (AvgIpc) is 2.85. The number of halogens is 8.